The Balaban J connectivity index is 1.42. The van der Waals surface area contributed by atoms with Gasteiger partial charge in [0.1, 0.15) is 17.5 Å². The van der Waals surface area contributed by atoms with E-state index in [1.165, 1.54) is 25.0 Å². The fraction of sp³-hybridized carbons (Fsp3) is 0.350. The van der Waals surface area contributed by atoms with E-state index in [-0.39, 0.29) is 17.8 Å². The normalized spacial score (nSPS) is 19.0. The van der Waals surface area contributed by atoms with Crippen molar-refractivity contribution in [3.8, 4) is 0 Å². The number of rotatable bonds is 5. The number of hydrogen-bond acceptors (Lipinski definition) is 6. The van der Waals surface area contributed by atoms with E-state index < -0.39 is 0 Å². The van der Waals surface area contributed by atoms with Gasteiger partial charge in [0.05, 0.1) is 6.04 Å². The van der Waals surface area contributed by atoms with E-state index in [1.54, 1.807) is 6.07 Å². The van der Waals surface area contributed by atoms with Crippen LogP contribution < -0.4 is 16.0 Å². The minimum absolute atomic E-state index is 0.0112. The first kappa shape index (κ1) is 18.2. The summed E-state index contributed by atoms with van der Waals surface area (Å²) in [4.78, 5) is 10.9. The predicted molar refractivity (Wildman–Crippen MR) is 111 cm³/mol. The molecule has 1 aromatic carbocycles. The zero-order valence-corrected chi connectivity index (χ0v) is 16.5. The number of aromatic nitrogens is 4. The molecule has 2 aliphatic rings. The van der Waals surface area contributed by atoms with Gasteiger partial charge in [0, 0.05) is 35.3 Å². The summed E-state index contributed by atoms with van der Waals surface area (Å²) in [7, 11) is 0. The van der Waals surface area contributed by atoms with Gasteiger partial charge in [-0.2, -0.15) is 15.1 Å². The Morgan fingerprint density at radius 2 is 2.00 bits per heavy atom. The molecule has 1 aliphatic carbocycles. The lowest BCUT2D eigenvalue weighted by Gasteiger charge is -2.27. The number of nitrogens with two attached hydrogens (primary N) is 1. The number of aromatic amines is 1. The van der Waals surface area contributed by atoms with Crippen molar-refractivity contribution in [1.29, 1.82) is 0 Å². The number of nitrogen functional groups attached to an aromatic ring is 1. The van der Waals surface area contributed by atoms with Gasteiger partial charge < -0.3 is 16.0 Å². The Morgan fingerprint density at radius 3 is 2.79 bits per heavy atom. The average Bonchev–Trinajstić information content (AvgIpc) is 3.22. The lowest BCUT2D eigenvalue weighted by atomic mass is 10.0. The van der Waals surface area contributed by atoms with E-state index in [0.29, 0.717) is 28.4 Å². The fourth-order valence-electron chi connectivity index (χ4n) is 3.94. The van der Waals surface area contributed by atoms with Gasteiger partial charge >= 0.3 is 0 Å². The van der Waals surface area contributed by atoms with Crippen LogP contribution in [0.3, 0.4) is 0 Å². The number of anilines is 4. The van der Waals surface area contributed by atoms with Gasteiger partial charge in [-0.05, 0) is 43.4 Å². The molecule has 3 heterocycles. The lowest BCUT2D eigenvalue weighted by Crippen LogP contribution is -2.24. The van der Waals surface area contributed by atoms with E-state index in [1.807, 2.05) is 12.1 Å². The largest absolute Gasteiger partial charge is 0.368 e. The summed E-state index contributed by atoms with van der Waals surface area (Å²) < 4.78 is 13.5. The molecule has 3 aromatic rings. The number of halogens is 2. The Kier molecular flexibility index (Phi) is 4.50. The van der Waals surface area contributed by atoms with Gasteiger partial charge in [0.15, 0.2) is 5.82 Å². The highest BCUT2D eigenvalue weighted by molar-refractivity contribution is 6.31. The minimum Gasteiger partial charge on any atom is -0.368 e. The maximum absolute atomic E-state index is 13.5. The summed E-state index contributed by atoms with van der Waals surface area (Å²) in [6.45, 7) is 0.808. The van der Waals surface area contributed by atoms with E-state index in [2.05, 4.69) is 30.4 Å². The maximum Gasteiger partial charge on any atom is 0.223 e. The Morgan fingerprint density at radius 1 is 1.14 bits per heavy atom. The third kappa shape index (κ3) is 3.72. The summed E-state index contributed by atoms with van der Waals surface area (Å²) in [6, 6.07) is 8.41. The summed E-state index contributed by atoms with van der Waals surface area (Å²) in [5.74, 6) is 2.42. The number of nitrogens with one attached hydrogen (secondary N) is 2. The second-order valence-corrected chi connectivity index (χ2v) is 8.00. The van der Waals surface area contributed by atoms with Crippen LogP contribution in [0.15, 0.2) is 30.3 Å². The zero-order valence-electron chi connectivity index (χ0n) is 15.7. The monoisotopic (exact) mass is 413 g/mol. The number of hydrogen-bond donors (Lipinski definition) is 3. The Hall–Kier alpha value is -2.87. The quantitative estimate of drug-likeness (QED) is 0.568. The van der Waals surface area contributed by atoms with Gasteiger partial charge in [-0.25, -0.2) is 4.39 Å². The van der Waals surface area contributed by atoms with Crippen LogP contribution in [0.1, 0.15) is 48.9 Å². The first-order chi connectivity index (χ1) is 14.1. The summed E-state index contributed by atoms with van der Waals surface area (Å²) in [5.41, 5.74) is 8.01. The second-order valence-electron chi connectivity index (χ2n) is 7.59. The van der Waals surface area contributed by atoms with Crippen molar-refractivity contribution >= 4 is 35.0 Å². The molecule has 0 radical (unpaired) electrons. The van der Waals surface area contributed by atoms with E-state index in [9.17, 15) is 4.39 Å². The van der Waals surface area contributed by atoms with Gasteiger partial charge in [-0.1, -0.05) is 17.7 Å². The van der Waals surface area contributed by atoms with Crippen molar-refractivity contribution in [2.45, 2.75) is 37.6 Å². The molecule has 4 N–H and O–H groups in total. The molecule has 9 heteroatoms. The molecule has 0 amide bonds. The van der Waals surface area contributed by atoms with E-state index in [4.69, 9.17) is 17.3 Å². The number of nitrogens with zero attached hydrogens (tertiary/aromatic N) is 4. The van der Waals surface area contributed by atoms with Crippen molar-refractivity contribution in [1.82, 2.24) is 20.2 Å². The van der Waals surface area contributed by atoms with Crippen molar-refractivity contribution < 1.29 is 4.39 Å². The molecule has 1 atom stereocenters. The molecule has 1 saturated heterocycles. The van der Waals surface area contributed by atoms with Crippen LogP contribution in [-0.2, 0) is 0 Å². The molecule has 2 aromatic heterocycles. The first-order valence-corrected chi connectivity index (χ1v) is 10.1. The summed E-state index contributed by atoms with van der Waals surface area (Å²) in [6.07, 6.45) is 4.29. The van der Waals surface area contributed by atoms with Crippen molar-refractivity contribution in [3.63, 3.8) is 0 Å². The van der Waals surface area contributed by atoms with Gasteiger partial charge in [0.25, 0.3) is 0 Å². The average molecular weight is 414 g/mol. The van der Waals surface area contributed by atoms with E-state index in [0.717, 1.165) is 30.6 Å². The highest BCUT2D eigenvalue weighted by Crippen LogP contribution is 2.41. The van der Waals surface area contributed by atoms with Crippen LogP contribution in [0.25, 0.3) is 0 Å². The van der Waals surface area contributed by atoms with Crippen LogP contribution in [0, 0.1) is 5.82 Å². The molecule has 1 unspecified atom stereocenters. The lowest BCUT2D eigenvalue weighted by molar-refractivity contribution is 0.624. The minimum atomic E-state index is -0.342. The van der Waals surface area contributed by atoms with Gasteiger partial charge in [-0.3, -0.25) is 5.10 Å². The molecule has 1 aliphatic heterocycles. The smallest absolute Gasteiger partial charge is 0.223 e. The number of benzene rings is 1. The molecule has 2 fully saturated rings. The van der Waals surface area contributed by atoms with Crippen LogP contribution in [0.5, 0.6) is 0 Å². The van der Waals surface area contributed by atoms with Crippen molar-refractivity contribution in [2.24, 2.45) is 0 Å². The van der Waals surface area contributed by atoms with Crippen molar-refractivity contribution in [2.75, 3.05) is 22.5 Å². The van der Waals surface area contributed by atoms with E-state index >= 15 is 0 Å². The Bertz CT molecular complexity index is 1050. The molecule has 0 spiro atoms. The molecule has 1 saturated carbocycles. The van der Waals surface area contributed by atoms with Gasteiger partial charge in [-0.15, -0.1) is 0 Å². The predicted octanol–water partition coefficient (Wildman–Crippen LogP) is 4.54. The standard InChI is InChI=1S/C20H21ClFN7/c21-14-8-12(22)5-6-13(14)16-2-1-7-29(16)19-10-17(25-20(23)26-19)24-18-9-15(27-28-18)11-3-4-11/h5-6,8-11,16H,1-4,7H2,(H4,23,24,25,26,27,28). The van der Waals surface area contributed by atoms with Crippen LogP contribution >= 0.6 is 11.6 Å². The Labute approximate surface area is 172 Å². The summed E-state index contributed by atoms with van der Waals surface area (Å²) >= 11 is 6.32. The van der Waals surface area contributed by atoms with Crippen molar-refractivity contribution in [3.05, 3.63) is 52.4 Å². The third-order valence-corrected chi connectivity index (χ3v) is 5.80. The molecule has 29 heavy (non-hydrogen) atoms. The molecule has 5 rings (SSSR count). The second kappa shape index (κ2) is 7.18. The molecular formula is C20H21ClFN7. The fourth-order valence-corrected chi connectivity index (χ4v) is 4.23. The van der Waals surface area contributed by atoms with Crippen LogP contribution in [-0.4, -0.2) is 26.7 Å². The molecule has 0 bridgehead atoms. The highest BCUT2D eigenvalue weighted by atomic mass is 35.5. The third-order valence-electron chi connectivity index (χ3n) is 5.47. The summed E-state index contributed by atoms with van der Waals surface area (Å²) in [5, 5.41) is 11.0. The zero-order chi connectivity index (χ0) is 20.0. The highest BCUT2D eigenvalue weighted by Gasteiger charge is 2.30. The van der Waals surface area contributed by atoms with Crippen LogP contribution in [0.2, 0.25) is 5.02 Å². The molecular weight excluding hydrogens is 393 g/mol. The SMILES string of the molecule is Nc1nc(Nc2cc(C3CC3)[nH]n2)cc(N2CCCC2c2ccc(F)cc2Cl)n1. The molecule has 150 valence electrons. The molecule has 7 nitrogen and oxygen atoms in total. The van der Waals surface area contributed by atoms with Gasteiger partial charge in [0.2, 0.25) is 5.95 Å². The number of H-pyrrole nitrogens is 1. The maximum atomic E-state index is 13.5. The first-order valence-electron chi connectivity index (χ1n) is 9.75. The van der Waals surface area contributed by atoms with Crippen LogP contribution in [0.4, 0.5) is 27.8 Å². The topological polar surface area (TPSA) is 95.7 Å².